The molecule has 0 radical (unpaired) electrons. The highest BCUT2D eigenvalue weighted by Gasteiger charge is 2.10. The Morgan fingerprint density at radius 1 is 1.33 bits per heavy atom. The van der Waals surface area contributed by atoms with Crippen LogP contribution in [-0.2, 0) is 6.54 Å². The Hall–Kier alpha value is -2.47. The predicted molar refractivity (Wildman–Crippen MR) is 76.9 cm³/mol. The molecule has 1 aromatic heterocycles. The van der Waals surface area contributed by atoms with Crippen molar-refractivity contribution in [2.45, 2.75) is 12.6 Å². The lowest BCUT2D eigenvalue weighted by Crippen LogP contribution is -2.37. The van der Waals surface area contributed by atoms with Gasteiger partial charge in [-0.2, -0.15) is 0 Å². The second kappa shape index (κ2) is 7.35. The first-order valence-corrected chi connectivity index (χ1v) is 6.55. The molecule has 0 bridgehead atoms. The van der Waals surface area contributed by atoms with Gasteiger partial charge in [0.05, 0.1) is 26.0 Å². The molecule has 112 valence electrons. The maximum Gasteiger partial charge on any atom is 0.315 e. The number of hydrogen-bond donors (Lipinski definition) is 3. The van der Waals surface area contributed by atoms with Crippen molar-refractivity contribution in [3.8, 4) is 5.75 Å². The molecule has 6 heteroatoms. The van der Waals surface area contributed by atoms with Gasteiger partial charge >= 0.3 is 6.03 Å². The summed E-state index contributed by atoms with van der Waals surface area (Å²) in [4.78, 5) is 11.6. The number of carbonyl (C=O) groups is 1. The largest absolute Gasteiger partial charge is 0.497 e. The second-order valence-electron chi connectivity index (χ2n) is 4.44. The number of benzene rings is 1. The van der Waals surface area contributed by atoms with Crippen LogP contribution in [0.25, 0.3) is 0 Å². The fraction of sp³-hybridized carbons (Fsp3) is 0.267. The Bertz CT molecular complexity index is 569. The van der Waals surface area contributed by atoms with Crippen molar-refractivity contribution in [1.82, 2.24) is 10.6 Å². The monoisotopic (exact) mass is 290 g/mol. The van der Waals surface area contributed by atoms with E-state index in [2.05, 4.69) is 10.6 Å². The van der Waals surface area contributed by atoms with Gasteiger partial charge < -0.3 is 24.9 Å². The molecule has 3 N–H and O–H groups in total. The molecule has 2 amide bonds. The third kappa shape index (κ3) is 4.54. The molecule has 0 fully saturated rings. The van der Waals surface area contributed by atoms with E-state index in [0.717, 1.165) is 0 Å². The molecule has 1 atom stereocenters. The maximum absolute atomic E-state index is 11.6. The molecular formula is C15H18N2O4. The predicted octanol–water partition coefficient (Wildman–Crippen LogP) is 1.82. The first-order valence-electron chi connectivity index (χ1n) is 6.55. The lowest BCUT2D eigenvalue weighted by atomic mass is 10.1. The zero-order valence-corrected chi connectivity index (χ0v) is 11.7. The molecule has 0 saturated carbocycles. The number of carbonyl (C=O) groups excluding carboxylic acids is 1. The summed E-state index contributed by atoms with van der Waals surface area (Å²) in [6.07, 6.45) is 0.746. The molecule has 2 rings (SSSR count). The van der Waals surface area contributed by atoms with E-state index >= 15 is 0 Å². The number of ether oxygens (including phenoxy) is 1. The number of urea groups is 1. The van der Waals surface area contributed by atoms with Gasteiger partial charge in [-0.25, -0.2) is 4.79 Å². The van der Waals surface area contributed by atoms with Crippen molar-refractivity contribution in [1.29, 1.82) is 0 Å². The summed E-state index contributed by atoms with van der Waals surface area (Å²) in [6, 6.07) is 10.2. The smallest absolute Gasteiger partial charge is 0.315 e. The van der Waals surface area contributed by atoms with E-state index in [1.165, 1.54) is 0 Å². The van der Waals surface area contributed by atoms with Gasteiger partial charge in [-0.3, -0.25) is 0 Å². The minimum atomic E-state index is -0.797. The summed E-state index contributed by atoms with van der Waals surface area (Å²) in [5, 5.41) is 15.3. The van der Waals surface area contributed by atoms with Crippen molar-refractivity contribution in [3.63, 3.8) is 0 Å². The second-order valence-corrected chi connectivity index (χ2v) is 4.44. The van der Waals surface area contributed by atoms with Crippen molar-refractivity contribution in [3.05, 3.63) is 54.0 Å². The summed E-state index contributed by atoms with van der Waals surface area (Å²) >= 11 is 0. The van der Waals surface area contributed by atoms with Gasteiger partial charge in [0.1, 0.15) is 11.5 Å². The molecule has 2 aromatic rings. The minimum Gasteiger partial charge on any atom is -0.497 e. The van der Waals surface area contributed by atoms with Crippen molar-refractivity contribution in [2.24, 2.45) is 0 Å². The van der Waals surface area contributed by atoms with Gasteiger partial charge in [0.15, 0.2) is 0 Å². The van der Waals surface area contributed by atoms with Gasteiger partial charge in [-0.15, -0.1) is 0 Å². The van der Waals surface area contributed by atoms with Crippen LogP contribution in [0.2, 0.25) is 0 Å². The van der Waals surface area contributed by atoms with Gasteiger partial charge in [0, 0.05) is 6.54 Å². The highest BCUT2D eigenvalue weighted by Crippen LogP contribution is 2.18. The molecule has 6 nitrogen and oxygen atoms in total. The Morgan fingerprint density at radius 3 is 2.90 bits per heavy atom. The molecular weight excluding hydrogens is 272 g/mol. The minimum absolute atomic E-state index is 0.108. The number of furan rings is 1. The normalized spacial score (nSPS) is 11.7. The first kappa shape index (κ1) is 14.9. The summed E-state index contributed by atoms with van der Waals surface area (Å²) in [5.74, 6) is 1.33. The van der Waals surface area contributed by atoms with Crippen LogP contribution in [0.5, 0.6) is 5.75 Å². The van der Waals surface area contributed by atoms with Crippen LogP contribution in [0.4, 0.5) is 4.79 Å². The zero-order chi connectivity index (χ0) is 15.1. The molecule has 0 aliphatic heterocycles. The van der Waals surface area contributed by atoms with Gasteiger partial charge in [-0.1, -0.05) is 12.1 Å². The molecule has 1 unspecified atom stereocenters. The maximum atomic E-state index is 11.6. The van der Waals surface area contributed by atoms with E-state index in [-0.39, 0.29) is 12.6 Å². The van der Waals surface area contributed by atoms with E-state index in [4.69, 9.17) is 9.15 Å². The molecule has 0 saturated heterocycles. The van der Waals surface area contributed by atoms with Crippen molar-refractivity contribution < 1.29 is 19.1 Å². The third-order valence-corrected chi connectivity index (χ3v) is 2.94. The quantitative estimate of drug-likeness (QED) is 0.757. The van der Waals surface area contributed by atoms with Gasteiger partial charge in [0.25, 0.3) is 0 Å². The van der Waals surface area contributed by atoms with E-state index in [1.807, 2.05) is 0 Å². The molecule has 1 aromatic carbocycles. The number of aliphatic hydroxyl groups excluding tert-OH is 1. The Kier molecular flexibility index (Phi) is 5.22. The highest BCUT2D eigenvalue weighted by molar-refractivity contribution is 5.73. The zero-order valence-electron chi connectivity index (χ0n) is 11.7. The molecule has 1 heterocycles. The van der Waals surface area contributed by atoms with Crippen LogP contribution >= 0.6 is 0 Å². The summed E-state index contributed by atoms with van der Waals surface area (Å²) in [6.45, 7) is 0.408. The Balaban J connectivity index is 1.77. The van der Waals surface area contributed by atoms with E-state index in [9.17, 15) is 9.90 Å². The average molecular weight is 290 g/mol. The van der Waals surface area contributed by atoms with Crippen LogP contribution < -0.4 is 15.4 Å². The lowest BCUT2D eigenvalue weighted by Gasteiger charge is -2.13. The van der Waals surface area contributed by atoms with Crippen molar-refractivity contribution in [2.75, 3.05) is 13.7 Å². The number of amides is 2. The number of hydrogen-bond acceptors (Lipinski definition) is 4. The summed E-state index contributed by atoms with van der Waals surface area (Å²) < 4.78 is 10.2. The number of methoxy groups -OCH3 is 1. The first-order chi connectivity index (χ1) is 10.2. The Morgan fingerprint density at radius 2 is 2.19 bits per heavy atom. The van der Waals surface area contributed by atoms with Gasteiger partial charge in [-0.05, 0) is 29.8 Å². The topological polar surface area (TPSA) is 83.7 Å². The van der Waals surface area contributed by atoms with E-state index in [1.54, 1.807) is 49.8 Å². The van der Waals surface area contributed by atoms with Crippen molar-refractivity contribution >= 4 is 6.03 Å². The molecule has 0 spiro atoms. The SMILES string of the molecule is COc1cccc(C(O)CNC(=O)NCc2ccco2)c1. The highest BCUT2D eigenvalue weighted by atomic mass is 16.5. The standard InChI is InChI=1S/C15H18N2O4/c1-20-12-5-2-4-11(8-12)14(18)10-17-15(19)16-9-13-6-3-7-21-13/h2-8,14,18H,9-10H2,1H3,(H2,16,17,19). The van der Waals surface area contributed by atoms with E-state index < -0.39 is 6.10 Å². The summed E-state index contributed by atoms with van der Waals surface area (Å²) in [7, 11) is 1.56. The van der Waals surface area contributed by atoms with Crippen LogP contribution in [0, 0.1) is 0 Å². The number of aliphatic hydroxyl groups is 1. The third-order valence-electron chi connectivity index (χ3n) is 2.94. The molecule has 0 aliphatic rings. The molecule has 21 heavy (non-hydrogen) atoms. The average Bonchev–Trinajstić information content (AvgIpc) is 3.04. The van der Waals surface area contributed by atoms with Crippen LogP contribution in [0.3, 0.4) is 0 Å². The number of rotatable bonds is 6. The lowest BCUT2D eigenvalue weighted by molar-refractivity contribution is 0.172. The van der Waals surface area contributed by atoms with Crippen LogP contribution in [0.1, 0.15) is 17.4 Å². The van der Waals surface area contributed by atoms with Crippen LogP contribution in [0.15, 0.2) is 47.1 Å². The molecule has 0 aliphatic carbocycles. The van der Waals surface area contributed by atoms with E-state index in [0.29, 0.717) is 23.6 Å². The fourth-order valence-corrected chi connectivity index (χ4v) is 1.80. The number of nitrogens with one attached hydrogen (secondary N) is 2. The summed E-state index contributed by atoms with van der Waals surface area (Å²) in [5.41, 5.74) is 0.681. The Labute approximate surface area is 122 Å². The van der Waals surface area contributed by atoms with Gasteiger partial charge in [0.2, 0.25) is 0 Å². The van der Waals surface area contributed by atoms with Crippen LogP contribution in [-0.4, -0.2) is 24.8 Å². The fourth-order valence-electron chi connectivity index (χ4n) is 1.80.